The van der Waals surface area contributed by atoms with Gasteiger partial charge in [0.1, 0.15) is 5.76 Å². The van der Waals surface area contributed by atoms with Crippen LogP contribution in [-0.2, 0) is 13.1 Å². The number of aromatic amines is 1. The number of hydrogen-bond donors (Lipinski definition) is 2. The molecule has 1 aromatic carbocycles. The van der Waals surface area contributed by atoms with Crippen LogP contribution in [0.4, 0.5) is 0 Å². The molecule has 0 bridgehead atoms. The van der Waals surface area contributed by atoms with Crippen LogP contribution in [0.5, 0.6) is 0 Å². The number of hydrogen-bond acceptors (Lipinski definition) is 4. The maximum Gasteiger partial charge on any atom is 0.262 e. The van der Waals surface area contributed by atoms with Crippen molar-refractivity contribution in [2.45, 2.75) is 20.0 Å². The van der Waals surface area contributed by atoms with Crippen LogP contribution in [-0.4, -0.2) is 15.5 Å². The number of amides is 1. The van der Waals surface area contributed by atoms with Crippen molar-refractivity contribution in [1.82, 2.24) is 14.9 Å². The first-order valence-electron chi connectivity index (χ1n) is 7.17. The summed E-state index contributed by atoms with van der Waals surface area (Å²) in [7, 11) is 0. The van der Waals surface area contributed by atoms with Crippen LogP contribution in [0, 0.1) is 4.77 Å². The van der Waals surface area contributed by atoms with Crippen molar-refractivity contribution in [3.63, 3.8) is 0 Å². The standard InChI is InChI=1S/C16H15N3O3S/c1-2-19-15(21)12-6-5-10(8-13(12)18-16(19)23)14(20)17-9-11-4-3-7-22-11/h3-8H,2,9H2,1H3,(H,17,20)(H,18,23). The van der Waals surface area contributed by atoms with E-state index < -0.39 is 0 Å². The molecule has 2 heterocycles. The zero-order valence-corrected chi connectivity index (χ0v) is 13.3. The van der Waals surface area contributed by atoms with Crippen LogP contribution in [0.15, 0.2) is 45.8 Å². The molecule has 1 amide bonds. The molecule has 0 saturated carbocycles. The maximum absolute atomic E-state index is 12.3. The van der Waals surface area contributed by atoms with E-state index in [2.05, 4.69) is 10.3 Å². The first-order chi connectivity index (χ1) is 11.1. The zero-order chi connectivity index (χ0) is 16.4. The summed E-state index contributed by atoms with van der Waals surface area (Å²) < 4.78 is 6.99. The molecule has 23 heavy (non-hydrogen) atoms. The molecule has 7 heteroatoms. The van der Waals surface area contributed by atoms with E-state index in [9.17, 15) is 9.59 Å². The molecule has 0 atom stereocenters. The van der Waals surface area contributed by atoms with Gasteiger partial charge in [-0.3, -0.25) is 14.2 Å². The van der Waals surface area contributed by atoms with Crippen molar-refractivity contribution >= 4 is 29.0 Å². The van der Waals surface area contributed by atoms with Gasteiger partial charge in [-0.15, -0.1) is 0 Å². The van der Waals surface area contributed by atoms with E-state index in [1.807, 2.05) is 6.92 Å². The Kier molecular flexibility index (Phi) is 4.12. The van der Waals surface area contributed by atoms with Crippen molar-refractivity contribution in [2.24, 2.45) is 0 Å². The van der Waals surface area contributed by atoms with Crippen LogP contribution >= 0.6 is 12.2 Å². The second-order valence-electron chi connectivity index (χ2n) is 5.00. The molecule has 0 aliphatic carbocycles. The number of H-pyrrole nitrogens is 1. The summed E-state index contributed by atoms with van der Waals surface area (Å²) in [5.74, 6) is 0.423. The van der Waals surface area contributed by atoms with Gasteiger partial charge >= 0.3 is 0 Å². The second kappa shape index (κ2) is 6.21. The Morgan fingerprint density at radius 3 is 2.91 bits per heavy atom. The van der Waals surface area contributed by atoms with Gasteiger partial charge in [-0.2, -0.15) is 0 Å². The summed E-state index contributed by atoms with van der Waals surface area (Å²) in [5, 5.41) is 3.26. The Morgan fingerprint density at radius 1 is 1.39 bits per heavy atom. The van der Waals surface area contributed by atoms with Crippen LogP contribution < -0.4 is 10.9 Å². The first-order valence-corrected chi connectivity index (χ1v) is 7.58. The monoisotopic (exact) mass is 329 g/mol. The lowest BCUT2D eigenvalue weighted by Crippen LogP contribution is -2.24. The van der Waals surface area contributed by atoms with Gasteiger partial charge in [0, 0.05) is 12.1 Å². The topological polar surface area (TPSA) is 80.0 Å². The van der Waals surface area contributed by atoms with Gasteiger partial charge in [0.25, 0.3) is 11.5 Å². The molecule has 2 aromatic heterocycles. The molecule has 3 aromatic rings. The van der Waals surface area contributed by atoms with Crippen molar-refractivity contribution in [3.8, 4) is 0 Å². The number of aromatic nitrogens is 2. The number of rotatable bonds is 4. The van der Waals surface area contributed by atoms with Gasteiger partial charge in [-0.25, -0.2) is 0 Å². The van der Waals surface area contributed by atoms with Crippen molar-refractivity contribution in [3.05, 3.63) is 63.0 Å². The average molecular weight is 329 g/mol. The van der Waals surface area contributed by atoms with Crippen LogP contribution in [0.2, 0.25) is 0 Å². The van der Waals surface area contributed by atoms with Crippen molar-refractivity contribution < 1.29 is 9.21 Å². The fourth-order valence-corrected chi connectivity index (χ4v) is 2.69. The fraction of sp³-hybridized carbons (Fsp3) is 0.188. The smallest absolute Gasteiger partial charge is 0.262 e. The molecular weight excluding hydrogens is 314 g/mol. The molecule has 0 radical (unpaired) electrons. The van der Waals surface area contributed by atoms with E-state index in [4.69, 9.17) is 16.6 Å². The van der Waals surface area contributed by atoms with Crippen LogP contribution in [0.3, 0.4) is 0 Å². The predicted molar refractivity (Wildman–Crippen MR) is 88.9 cm³/mol. The molecule has 118 valence electrons. The summed E-state index contributed by atoms with van der Waals surface area (Å²) in [5.41, 5.74) is 0.840. The summed E-state index contributed by atoms with van der Waals surface area (Å²) in [6, 6.07) is 8.43. The number of carbonyl (C=O) groups excluding carboxylic acids is 1. The van der Waals surface area contributed by atoms with E-state index in [1.54, 1.807) is 36.6 Å². The number of benzene rings is 1. The fourth-order valence-electron chi connectivity index (χ4n) is 2.37. The van der Waals surface area contributed by atoms with E-state index >= 15 is 0 Å². The lowest BCUT2D eigenvalue weighted by molar-refractivity contribution is 0.0948. The summed E-state index contributed by atoms with van der Waals surface area (Å²) >= 11 is 5.17. The van der Waals surface area contributed by atoms with E-state index in [0.29, 0.717) is 40.1 Å². The third kappa shape index (κ3) is 2.95. The zero-order valence-electron chi connectivity index (χ0n) is 12.5. The van der Waals surface area contributed by atoms with Gasteiger partial charge in [0.2, 0.25) is 0 Å². The largest absolute Gasteiger partial charge is 0.467 e. The van der Waals surface area contributed by atoms with Gasteiger partial charge in [-0.1, -0.05) is 0 Å². The SMILES string of the molecule is CCn1c(=S)[nH]c2cc(C(=O)NCc3ccco3)ccc2c1=O. The van der Waals surface area contributed by atoms with Gasteiger partial charge in [0.05, 0.1) is 23.7 Å². The van der Waals surface area contributed by atoms with Crippen LogP contribution in [0.25, 0.3) is 10.9 Å². The molecule has 6 nitrogen and oxygen atoms in total. The Bertz CT molecular complexity index is 970. The molecule has 3 rings (SSSR count). The van der Waals surface area contributed by atoms with Crippen molar-refractivity contribution in [2.75, 3.05) is 0 Å². The first kappa shape index (κ1) is 15.2. The van der Waals surface area contributed by atoms with Gasteiger partial charge < -0.3 is 14.7 Å². The third-order valence-corrected chi connectivity index (χ3v) is 3.89. The molecule has 0 unspecified atom stereocenters. The van der Waals surface area contributed by atoms with E-state index in [1.165, 1.54) is 4.57 Å². The minimum atomic E-state index is -0.248. The summed E-state index contributed by atoms with van der Waals surface area (Å²) in [6.45, 7) is 2.65. The highest BCUT2D eigenvalue weighted by Gasteiger charge is 2.10. The quantitative estimate of drug-likeness (QED) is 0.721. The highest BCUT2D eigenvalue weighted by molar-refractivity contribution is 7.71. The van der Waals surface area contributed by atoms with Crippen LogP contribution in [0.1, 0.15) is 23.0 Å². The number of fused-ring (bicyclic) bond motifs is 1. The Hall–Kier alpha value is -2.67. The number of nitrogens with zero attached hydrogens (tertiary/aromatic N) is 1. The minimum Gasteiger partial charge on any atom is -0.467 e. The predicted octanol–water partition coefficient (Wildman–Crippen LogP) is 2.60. The normalized spacial score (nSPS) is 10.8. The Labute approximate surface area is 136 Å². The van der Waals surface area contributed by atoms with Gasteiger partial charge in [0.15, 0.2) is 4.77 Å². The number of furan rings is 1. The second-order valence-corrected chi connectivity index (χ2v) is 5.39. The Morgan fingerprint density at radius 2 is 2.22 bits per heavy atom. The molecule has 2 N–H and O–H groups in total. The Balaban J connectivity index is 1.92. The average Bonchev–Trinajstić information content (AvgIpc) is 3.06. The van der Waals surface area contributed by atoms with Crippen molar-refractivity contribution in [1.29, 1.82) is 0 Å². The summed E-state index contributed by atoms with van der Waals surface area (Å²) in [6.07, 6.45) is 1.55. The molecule has 0 aliphatic heterocycles. The number of carbonyl (C=O) groups is 1. The number of nitrogens with one attached hydrogen (secondary N) is 2. The minimum absolute atomic E-state index is 0.159. The lowest BCUT2D eigenvalue weighted by Gasteiger charge is -2.07. The highest BCUT2D eigenvalue weighted by atomic mass is 32.1. The molecule has 0 fully saturated rings. The molecule has 0 aliphatic rings. The maximum atomic E-state index is 12.3. The highest BCUT2D eigenvalue weighted by Crippen LogP contribution is 2.11. The summed E-state index contributed by atoms with van der Waals surface area (Å²) in [4.78, 5) is 27.5. The lowest BCUT2D eigenvalue weighted by atomic mass is 10.1. The molecule has 0 spiro atoms. The van der Waals surface area contributed by atoms with Gasteiger partial charge in [-0.05, 0) is 49.5 Å². The molecule has 0 saturated heterocycles. The third-order valence-electron chi connectivity index (χ3n) is 3.56. The van der Waals surface area contributed by atoms with E-state index in [0.717, 1.165) is 0 Å². The van der Waals surface area contributed by atoms with E-state index in [-0.39, 0.29) is 11.5 Å². The molecular formula is C16H15N3O3S.